The Morgan fingerprint density at radius 3 is 2.76 bits per heavy atom. The van der Waals surface area contributed by atoms with Crippen molar-refractivity contribution in [3.63, 3.8) is 0 Å². The quantitative estimate of drug-likeness (QED) is 0.428. The molecule has 10 nitrogen and oxygen atoms in total. The molecule has 29 heavy (non-hydrogen) atoms. The van der Waals surface area contributed by atoms with Crippen LogP contribution in [0.25, 0.3) is 21.6 Å². The van der Waals surface area contributed by atoms with Gasteiger partial charge in [0.2, 0.25) is 11.8 Å². The summed E-state index contributed by atoms with van der Waals surface area (Å²) in [5, 5.41) is 12.9. The molecule has 0 saturated carbocycles. The zero-order valence-corrected chi connectivity index (χ0v) is 17.5. The van der Waals surface area contributed by atoms with Crippen molar-refractivity contribution in [2.24, 2.45) is 5.14 Å². The molecule has 0 bridgehead atoms. The van der Waals surface area contributed by atoms with Gasteiger partial charge in [-0.3, -0.25) is 4.21 Å². The van der Waals surface area contributed by atoms with Crippen LogP contribution >= 0.6 is 11.3 Å². The second-order valence-corrected chi connectivity index (χ2v) is 9.25. The molecule has 1 aromatic carbocycles. The Bertz CT molecular complexity index is 1190. The van der Waals surface area contributed by atoms with E-state index in [1.807, 2.05) is 18.2 Å². The molecule has 4 aromatic rings. The Hall–Kier alpha value is -2.45. The second-order valence-electron chi connectivity index (χ2n) is 5.84. The van der Waals surface area contributed by atoms with Crippen molar-refractivity contribution < 1.29 is 12.8 Å². The van der Waals surface area contributed by atoms with Crippen molar-refractivity contribution in [2.45, 2.75) is 11.8 Å². The summed E-state index contributed by atoms with van der Waals surface area (Å²) in [5.74, 6) is 0.973. The van der Waals surface area contributed by atoms with Gasteiger partial charge in [-0.05, 0) is 24.3 Å². The van der Waals surface area contributed by atoms with E-state index in [2.05, 4.69) is 29.9 Å². The molecule has 3 aromatic heterocycles. The maximum Gasteiger partial charge on any atom is 0.239 e. The van der Waals surface area contributed by atoms with E-state index in [0.717, 1.165) is 15.8 Å². The zero-order chi connectivity index (χ0) is 20.4. The van der Waals surface area contributed by atoms with Gasteiger partial charge in [0.15, 0.2) is 22.2 Å². The van der Waals surface area contributed by atoms with E-state index in [9.17, 15) is 8.42 Å². The Kier molecular flexibility index (Phi) is 5.82. The maximum atomic E-state index is 12.4. The average Bonchev–Trinajstić information content (AvgIpc) is 3.33. The van der Waals surface area contributed by atoms with Gasteiger partial charge in [-0.25, -0.2) is 29.0 Å². The van der Waals surface area contributed by atoms with Gasteiger partial charge in [-0.1, -0.05) is 0 Å². The lowest BCUT2D eigenvalue weighted by Crippen LogP contribution is -2.23. The minimum Gasteiger partial charge on any atom is -0.422 e. The summed E-state index contributed by atoms with van der Waals surface area (Å²) < 4.78 is 32.4. The standard InChI is InChI=1S/C16H15N7O3S3/c1-28(24)13(15-23-22-12(26-15)8-20-29(17)25)16-21-10-7-9(3-4-11(10)27-16)14-18-5-2-6-19-14/h2-7,13,20H,8,17H2,1H3. The molecule has 0 aliphatic heterocycles. The summed E-state index contributed by atoms with van der Waals surface area (Å²) >= 11 is -0.296. The second kappa shape index (κ2) is 8.51. The normalized spacial score (nSPS) is 14.7. The van der Waals surface area contributed by atoms with Gasteiger partial charge in [0.1, 0.15) is 5.01 Å². The molecular weight excluding hydrogens is 434 g/mol. The van der Waals surface area contributed by atoms with Crippen LogP contribution in [0.4, 0.5) is 0 Å². The number of aromatic nitrogens is 5. The van der Waals surface area contributed by atoms with Crippen LogP contribution < -0.4 is 9.86 Å². The summed E-state index contributed by atoms with van der Waals surface area (Å²) in [6, 6.07) is 7.49. The Morgan fingerprint density at radius 1 is 1.24 bits per heavy atom. The number of nitrogens with one attached hydrogen (secondary N) is 1. The molecule has 4 rings (SSSR count). The van der Waals surface area contributed by atoms with E-state index in [1.54, 1.807) is 24.7 Å². The smallest absolute Gasteiger partial charge is 0.239 e. The topological polar surface area (TPSA) is 150 Å². The molecule has 0 radical (unpaired) electrons. The van der Waals surface area contributed by atoms with Crippen molar-refractivity contribution in [2.75, 3.05) is 6.26 Å². The monoisotopic (exact) mass is 449 g/mol. The summed E-state index contributed by atoms with van der Waals surface area (Å²) in [6.45, 7) is 0.0411. The van der Waals surface area contributed by atoms with Crippen LogP contribution in [0.5, 0.6) is 0 Å². The molecule has 0 saturated heterocycles. The molecule has 0 spiro atoms. The highest BCUT2D eigenvalue weighted by Crippen LogP contribution is 2.34. The number of thiazole rings is 1. The molecule has 0 aliphatic rings. The molecule has 150 valence electrons. The molecule has 3 N–H and O–H groups in total. The molecule has 0 amide bonds. The number of nitrogens with zero attached hydrogens (tertiary/aromatic N) is 5. The summed E-state index contributed by atoms with van der Waals surface area (Å²) in [5.41, 5.74) is 1.58. The number of hydrogen-bond donors (Lipinski definition) is 2. The SMILES string of the molecule is CS(=O)C(c1nnc(CNS(N)=O)o1)c1nc2cc(-c3ncccn3)ccc2s1. The first kappa shape index (κ1) is 19.8. The van der Waals surface area contributed by atoms with Crippen LogP contribution in [-0.4, -0.2) is 39.8 Å². The lowest BCUT2D eigenvalue weighted by atomic mass is 10.2. The third kappa shape index (κ3) is 4.43. The van der Waals surface area contributed by atoms with Crippen molar-refractivity contribution >= 4 is 43.5 Å². The van der Waals surface area contributed by atoms with Crippen molar-refractivity contribution in [3.05, 3.63) is 53.4 Å². The van der Waals surface area contributed by atoms with Gasteiger partial charge < -0.3 is 4.42 Å². The fourth-order valence-corrected chi connectivity index (χ4v) is 5.07. The molecule has 0 aliphatic carbocycles. The number of nitrogens with two attached hydrogens (primary N) is 1. The molecule has 13 heteroatoms. The highest BCUT2D eigenvalue weighted by molar-refractivity contribution is 7.84. The minimum absolute atomic E-state index is 0.0411. The van der Waals surface area contributed by atoms with E-state index in [0.29, 0.717) is 10.8 Å². The van der Waals surface area contributed by atoms with E-state index >= 15 is 0 Å². The highest BCUT2D eigenvalue weighted by atomic mass is 32.2. The first-order chi connectivity index (χ1) is 14.0. The van der Waals surface area contributed by atoms with Gasteiger partial charge in [-0.2, -0.15) is 0 Å². The summed E-state index contributed by atoms with van der Waals surface area (Å²) in [4.78, 5) is 13.1. The molecule has 3 heterocycles. The Morgan fingerprint density at radius 2 is 2.03 bits per heavy atom. The number of benzene rings is 1. The van der Waals surface area contributed by atoms with Crippen LogP contribution in [0, 0.1) is 0 Å². The van der Waals surface area contributed by atoms with Gasteiger partial charge in [-0.15, -0.1) is 21.5 Å². The van der Waals surface area contributed by atoms with Gasteiger partial charge in [0.25, 0.3) is 0 Å². The Labute approximate surface area is 174 Å². The highest BCUT2D eigenvalue weighted by Gasteiger charge is 2.28. The van der Waals surface area contributed by atoms with E-state index < -0.39 is 27.2 Å². The third-order valence-corrected chi connectivity index (χ3v) is 6.62. The number of hydrogen-bond acceptors (Lipinski definition) is 9. The molecule has 3 unspecified atom stereocenters. The van der Waals surface area contributed by atoms with Crippen molar-refractivity contribution in [1.29, 1.82) is 0 Å². The number of rotatable bonds is 7. The average molecular weight is 450 g/mol. The predicted molar refractivity (Wildman–Crippen MR) is 110 cm³/mol. The molecular formula is C16H15N7O3S3. The van der Waals surface area contributed by atoms with Gasteiger partial charge in [0.05, 0.1) is 16.8 Å². The number of fused-ring (bicyclic) bond motifs is 1. The summed E-state index contributed by atoms with van der Waals surface area (Å²) in [7, 11) is -1.35. The predicted octanol–water partition coefficient (Wildman–Crippen LogP) is 1.23. The lowest BCUT2D eigenvalue weighted by Gasteiger charge is -2.05. The van der Waals surface area contributed by atoms with Crippen LogP contribution in [0.2, 0.25) is 0 Å². The van der Waals surface area contributed by atoms with E-state index in [4.69, 9.17) is 9.56 Å². The fourth-order valence-electron chi connectivity index (χ4n) is 2.61. The molecule has 3 atom stereocenters. The first-order valence-electron chi connectivity index (χ1n) is 8.23. The molecule has 0 fully saturated rings. The minimum atomic E-state index is -1.70. The third-order valence-electron chi connectivity index (χ3n) is 3.86. The zero-order valence-electron chi connectivity index (χ0n) is 15.0. The maximum absolute atomic E-state index is 12.4. The van der Waals surface area contributed by atoms with Crippen molar-refractivity contribution in [1.82, 2.24) is 29.9 Å². The Balaban J connectivity index is 1.67. The van der Waals surface area contributed by atoms with Crippen molar-refractivity contribution in [3.8, 4) is 11.4 Å². The largest absolute Gasteiger partial charge is 0.422 e. The lowest BCUT2D eigenvalue weighted by molar-refractivity contribution is 0.450. The van der Waals surface area contributed by atoms with Gasteiger partial charge >= 0.3 is 0 Å². The fraction of sp³-hybridized carbons (Fsp3) is 0.188. The van der Waals surface area contributed by atoms with Crippen LogP contribution in [0.1, 0.15) is 22.0 Å². The van der Waals surface area contributed by atoms with Crippen LogP contribution in [0.15, 0.2) is 41.1 Å². The van der Waals surface area contributed by atoms with E-state index in [1.165, 1.54) is 11.3 Å². The first-order valence-corrected chi connectivity index (χ1v) is 11.9. The van der Waals surface area contributed by atoms with Gasteiger partial charge in [0, 0.05) is 35.0 Å². The van der Waals surface area contributed by atoms with E-state index in [-0.39, 0.29) is 18.3 Å². The van der Waals surface area contributed by atoms with Crippen LogP contribution in [-0.2, 0) is 28.5 Å². The van der Waals surface area contributed by atoms with Crippen LogP contribution in [0.3, 0.4) is 0 Å². The summed E-state index contributed by atoms with van der Waals surface area (Å²) in [6.07, 6.45) is 4.91.